The third-order valence-electron chi connectivity index (χ3n) is 8.60. The van der Waals surface area contributed by atoms with Crippen molar-refractivity contribution in [2.45, 2.75) is 83.4 Å². The van der Waals surface area contributed by atoms with Gasteiger partial charge in [0.2, 0.25) is 8.32 Å². The molecule has 2 aliphatic carbocycles. The number of benzene rings is 1. The molecule has 4 atom stereocenters. The number of esters is 1. The first-order valence-corrected chi connectivity index (χ1v) is 15.2. The van der Waals surface area contributed by atoms with Crippen molar-refractivity contribution >= 4 is 14.3 Å². The van der Waals surface area contributed by atoms with Gasteiger partial charge in [-0.05, 0) is 48.5 Å². The Morgan fingerprint density at radius 3 is 2.58 bits per heavy atom. The molecule has 1 spiro atoms. The average molecular weight is 473 g/mol. The van der Waals surface area contributed by atoms with Gasteiger partial charge >= 0.3 is 5.97 Å². The van der Waals surface area contributed by atoms with Gasteiger partial charge in [0.15, 0.2) is 0 Å². The van der Waals surface area contributed by atoms with Crippen molar-refractivity contribution in [2.24, 2.45) is 17.3 Å². The molecule has 3 aliphatic rings. The van der Waals surface area contributed by atoms with Gasteiger partial charge in [-0.15, -0.1) is 0 Å². The normalized spacial score (nSPS) is 31.9. The van der Waals surface area contributed by atoms with Crippen LogP contribution in [0.1, 0.15) is 58.4 Å². The van der Waals surface area contributed by atoms with Crippen LogP contribution in [0.4, 0.5) is 0 Å². The van der Waals surface area contributed by atoms with Gasteiger partial charge in [0.05, 0.1) is 32.0 Å². The van der Waals surface area contributed by atoms with Gasteiger partial charge < -0.3 is 18.6 Å². The van der Waals surface area contributed by atoms with Gasteiger partial charge in [-0.1, -0.05) is 63.9 Å². The molecule has 1 aromatic rings. The molecule has 5 nitrogen and oxygen atoms in total. The molecule has 0 unspecified atom stereocenters. The Morgan fingerprint density at radius 2 is 1.91 bits per heavy atom. The van der Waals surface area contributed by atoms with Crippen LogP contribution in [0, 0.1) is 17.3 Å². The summed E-state index contributed by atoms with van der Waals surface area (Å²) in [5, 5.41) is 0.102. The molecule has 4 rings (SSSR count). The summed E-state index contributed by atoms with van der Waals surface area (Å²) < 4.78 is 24.9. The lowest BCUT2D eigenvalue weighted by Crippen LogP contribution is -2.53. The standard InChI is InChI=1S/C27H40O5Si/c1-25(2,3)33(5,6)32-22-16-21-14-10-11-15-26(21)19-31-27(23(26)17-22,24(28)29-4)30-18-20-12-8-7-9-13-20/h7-9,12-13,17,21,23H,10-11,14-16,18-19H2,1-6H3/t21-,23+,26-,27+/m1/s1. The van der Waals surface area contributed by atoms with E-state index in [1.165, 1.54) is 13.5 Å². The first kappa shape index (κ1) is 24.5. The van der Waals surface area contributed by atoms with Gasteiger partial charge in [0.25, 0.3) is 5.79 Å². The second-order valence-corrected chi connectivity index (χ2v) is 16.3. The summed E-state index contributed by atoms with van der Waals surface area (Å²) >= 11 is 0. The Labute approximate surface area is 200 Å². The molecule has 0 radical (unpaired) electrons. The van der Waals surface area contributed by atoms with Gasteiger partial charge in [-0.3, -0.25) is 0 Å². The predicted molar refractivity (Wildman–Crippen MR) is 131 cm³/mol. The molecule has 2 fully saturated rings. The van der Waals surface area contributed by atoms with E-state index in [1.807, 2.05) is 30.3 Å². The number of methoxy groups -OCH3 is 1. The van der Waals surface area contributed by atoms with E-state index in [9.17, 15) is 4.79 Å². The van der Waals surface area contributed by atoms with Crippen LogP contribution in [0.15, 0.2) is 42.2 Å². The second kappa shape index (κ2) is 8.86. The number of carbonyl (C=O) groups excluding carboxylic acids is 1. The molecular weight excluding hydrogens is 432 g/mol. The van der Waals surface area contributed by atoms with Crippen molar-refractivity contribution in [1.29, 1.82) is 0 Å². The van der Waals surface area contributed by atoms with Crippen LogP contribution in [0.3, 0.4) is 0 Å². The van der Waals surface area contributed by atoms with Crippen LogP contribution in [0.25, 0.3) is 0 Å². The Kier molecular flexibility index (Phi) is 6.58. The fourth-order valence-electron chi connectivity index (χ4n) is 5.65. The summed E-state index contributed by atoms with van der Waals surface area (Å²) in [5.41, 5.74) is 0.895. The Morgan fingerprint density at radius 1 is 1.18 bits per heavy atom. The molecular formula is C27H40O5Si. The summed E-state index contributed by atoms with van der Waals surface area (Å²) in [5.74, 6) is -0.679. The first-order valence-electron chi connectivity index (χ1n) is 12.3. The lowest BCUT2D eigenvalue weighted by atomic mass is 9.56. The van der Waals surface area contributed by atoms with Crippen molar-refractivity contribution in [1.82, 2.24) is 0 Å². The fraction of sp³-hybridized carbons (Fsp3) is 0.667. The van der Waals surface area contributed by atoms with Crippen molar-refractivity contribution in [3.63, 3.8) is 0 Å². The molecule has 1 saturated carbocycles. The number of allylic oxidation sites excluding steroid dienone is 1. The fourth-order valence-corrected chi connectivity index (χ4v) is 6.77. The molecule has 1 heterocycles. The summed E-state index contributed by atoms with van der Waals surface area (Å²) in [7, 11) is -0.595. The second-order valence-electron chi connectivity index (χ2n) is 11.6. The Balaban J connectivity index is 1.73. The molecule has 0 N–H and O–H groups in total. The van der Waals surface area contributed by atoms with Crippen molar-refractivity contribution in [2.75, 3.05) is 13.7 Å². The predicted octanol–water partition coefficient (Wildman–Crippen LogP) is 6.20. The highest BCUT2D eigenvalue weighted by molar-refractivity contribution is 6.74. The van der Waals surface area contributed by atoms with Gasteiger partial charge in [0, 0.05) is 11.8 Å². The lowest BCUT2D eigenvalue weighted by Gasteiger charge is -2.49. The van der Waals surface area contributed by atoms with Crippen molar-refractivity contribution < 1.29 is 23.4 Å². The third-order valence-corrected chi connectivity index (χ3v) is 13.0. The van der Waals surface area contributed by atoms with Crippen molar-refractivity contribution in [3.05, 3.63) is 47.7 Å². The summed E-state index contributed by atoms with van der Waals surface area (Å²) in [6.45, 7) is 12.1. The molecule has 6 heteroatoms. The highest BCUT2D eigenvalue weighted by atomic mass is 28.4. The van der Waals surface area contributed by atoms with Gasteiger partial charge in [-0.25, -0.2) is 4.79 Å². The van der Waals surface area contributed by atoms with E-state index in [-0.39, 0.29) is 16.4 Å². The third kappa shape index (κ3) is 4.30. The Bertz CT molecular complexity index is 890. The molecule has 1 saturated heterocycles. The van der Waals surface area contributed by atoms with Crippen LogP contribution in [-0.2, 0) is 30.0 Å². The topological polar surface area (TPSA) is 54.0 Å². The highest BCUT2D eigenvalue weighted by Crippen LogP contribution is 2.61. The largest absolute Gasteiger partial charge is 0.547 e. The molecule has 0 aromatic heterocycles. The van der Waals surface area contributed by atoms with E-state index >= 15 is 0 Å². The number of hydrogen-bond donors (Lipinski definition) is 0. The zero-order valence-electron chi connectivity index (χ0n) is 21.1. The molecule has 0 bridgehead atoms. The van der Waals surface area contributed by atoms with E-state index in [1.54, 1.807) is 0 Å². The van der Waals surface area contributed by atoms with Gasteiger partial charge in [0.1, 0.15) is 0 Å². The molecule has 33 heavy (non-hydrogen) atoms. The van der Waals surface area contributed by atoms with E-state index in [0.717, 1.165) is 37.0 Å². The molecule has 1 aromatic carbocycles. The lowest BCUT2D eigenvalue weighted by molar-refractivity contribution is -0.244. The van der Waals surface area contributed by atoms with Crippen molar-refractivity contribution in [3.8, 4) is 0 Å². The first-order chi connectivity index (χ1) is 15.5. The zero-order valence-corrected chi connectivity index (χ0v) is 22.1. The maximum Gasteiger partial charge on any atom is 0.367 e. The quantitative estimate of drug-likeness (QED) is 0.364. The van der Waals surface area contributed by atoms with E-state index in [0.29, 0.717) is 19.1 Å². The minimum atomic E-state index is -2.01. The highest BCUT2D eigenvalue weighted by Gasteiger charge is 2.67. The van der Waals surface area contributed by atoms with E-state index < -0.39 is 20.1 Å². The Hall–Kier alpha value is -1.63. The minimum absolute atomic E-state index is 0.102. The smallest absolute Gasteiger partial charge is 0.367 e. The monoisotopic (exact) mass is 472 g/mol. The molecule has 1 aliphatic heterocycles. The van der Waals surface area contributed by atoms with Crippen LogP contribution in [0.2, 0.25) is 18.1 Å². The van der Waals surface area contributed by atoms with Gasteiger partial charge in [-0.2, -0.15) is 0 Å². The van der Waals surface area contributed by atoms with Crippen LogP contribution in [0.5, 0.6) is 0 Å². The summed E-state index contributed by atoms with van der Waals surface area (Å²) in [6, 6.07) is 9.93. The SMILES string of the molecule is COC(=O)[C@@]1(OCc2ccccc2)OC[C@]23CCCC[C@@H]2CC(O[Si](C)(C)C(C)(C)C)=C[C@H]13. The van der Waals surface area contributed by atoms with E-state index in [2.05, 4.69) is 39.9 Å². The average Bonchev–Trinajstić information content (AvgIpc) is 3.10. The van der Waals surface area contributed by atoms with Crippen LogP contribution >= 0.6 is 0 Å². The summed E-state index contributed by atoms with van der Waals surface area (Å²) in [6.07, 6.45) is 7.63. The van der Waals surface area contributed by atoms with Crippen LogP contribution in [-0.4, -0.2) is 33.8 Å². The number of ether oxygens (including phenoxy) is 3. The van der Waals surface area contributed by atoms with Crippen LogP contribution < -0.4 is 0 Å². The minimum Gasteiger partial charge on any atom is -0.547 e. The summed E-state index contributed by atoms with van der Waals surface area (Å²) in [4.78, 5) is 13.3. The maximum atomic E-state index is 13.3. The number of carbonyl (C=O) groups is 1. The molecule has 182 valence electrons. The maximum absolute atomic E-state index is 13.3. The number of hydrogen-bond acceptors (Lipinski definition) is 5. The number of rotatable bonds is 6. The molecule has 0 amide bonds. The van der Waals surface area contributed by atoms with E-state index in [4.69, 9.17) is 18.6 Å². The zero-order chi connectivity index (χ0) is 23.9.